The average molecular weight is 337 g/mol. The Kier molecular flexibility index (Phi) is 5.24. The Labute approximate surface area is 127 Å². The van der Waals surface area contributed by atoms with Crippen molar-refractivity contribution in [3.05, 3.63) is 41.0 Å². The molecule has 0 spiro atoms. The van der Waals surface area contributed by atoms with E-state index in [1.807, 2.05) is 44.2 Å². The molecule has 1 aromatic carbocycles. The van der Waals surface area contributed by atoms with Gasteiger partial charge < -0.3 is 14.8 Å². The van der Waals surface area contributed by atoms with E-state index in [0.29, 0.717) is 13.2 Å². The largest absolute Gasteiger partial charge is 0.490 e. The van der Waals surface area contributed by atoms with Crippen LogP contribution in [-0.4, -0.2) is 18.2 Å². The molecule has 1 aromatic heterocycles. The molecule has 1 heterocycles. The molecule has 0 amide bonds. The van der Waals surface area contributed by atoms with Gasteiger partial charge in [-0.3, -0.25) is 0 Å². The summed E-state index contributed by atoms with van der Waals surface area (Å²) in [6.07, 6.45) is 1.75. The van der Waals surface area contributed by atoms with Crippen LogP contribution in [0.4, 0.5) is 11.5 Å². The van der Waals surface area contributed by atoms with Crippen LogP contribution >= 0.6 is 15.9 Å². The molecule has 2 rings (SSSR count). The van der Waals surface area contributed by atoms with Crippen LogP contribution in [0.25, 0.3) is 0 Å². The van der Waals surface area contributed by atoms with Crippen molar-refractivity contribution in [3.8, 4) is 11.5 Å². The summed E-state index contributed by atoms with van der Waals surface area (Å²) >= 11 is 3.36. The van der Waals surface area contributed by atoms with Gasteiger partial charge in [0.15, 0.2) is 11.5 Å². The molecular weight excluding hydrogens is 320 g/mol. The van der Waals surface area contributed by atoms with Crippen molar-refractivity contribution in [2.24, 2.45) is 0 Å². The van der Waals surface area contributed by atoms with Gasteiger partial charge in [-0.05, 0) is 54.0 Å². The maximum Gasteiger partial charge on any atom is 0.163 e. The molecule has 0 saturated carbocycles. The third-order valence-corrected chi connectivity index (χ3v) is 3.01. The zero-order chi connectivity index (χ0) is 14.4. The number of halogens is 1. The lowest BCUT2D eigenvalue weighted by Gasteiger charge is -2.13. The molecule has 0 aliphatic rings. The van der Waals surface area contributed by atoms with Crippen LogP contribution in [0.5, 0.6) is 11.5 Å². The summed E-state index contributed by atoms with van der Waals surface area (Å²) in [7, 11) is 0. The molecule has 0 radical (unpaired) electrons. The molecule has 0 bridgehead atoms. The smallest absolute Gasteiger partial charge is 0.163 e. The summed E-state index contributed by atoms with van der Waals surface area (Å²) in [4.78, 5) is 4.28. The molecule has 0 saturated heterocycles. The Morgan fingerprint density at radius 1 is 1.05 bits per heavy atom. The van der Waals surface area contributed by atoms with Crippen molar-refractivity contribution in [2.75, 3.05) is 18.5 Å². The maximum absolute atomic E-state index is 5.59. The van der Waals surface area contributed by atoms with Gasteiger partial charge in [0, 0.05) is 22.4 Å². The SMILES string of the molecule is CCOc1ccc(Nc2ccc(Br)cn2)cc1OCC. The molecule has 0 atom stereocenters. The van der Waals surface area contributed by atoms with Gasteiger partial charge in [0.1, 0.15) is 5.82 Å². The summed E-state index contributed by atoms with van der Waals surface area (Å²) in [6.45, 7) is 5.11. The second kappa shape index (κ2) is 7.14. The number of pyridine rings is 1. The fraction of sp³-hybridized carbons (Fsp3) is 0.267. The fourth-order valence-electron chi connectivity index (χ4n) is 1.73. The molecular formula is C15H17BrN2O2. The van der Waals surface area contributed by atoms with E-state index in [1.54, 1.807) is 6.20 Å². The summed E-state index contributed by atoms with van der Waals surface area (Å²) in [6, 6.07) is 9.60. The minimum absolute atomic E-state index is 0.597. The normalized spacial score (nSPS) is 10.2. The predicted octanol–water partition coefficient (Wildman–Crippen LogP) is 4.39. The molecule has 106 valence electrons. The molecule has 4 nitrogen and oxygen atoms in total. The summed E-state index contributed by atoms with van der Waals surface area (Å²) < 4.78 is 12.1. The zero-order valence-electron chi connectivity index (χ0n) is 11.5. The molecule has 0 aliphatic heterocycles. The number of benzene rings is 1. The maximum atomic E-state index is 5.59. The summed E-state index contributed by atoms with van der Waals surface area (Å²) in [5.41, 5.74) is 0.909. The highest BCUT2D eigenvalue weighted by molar-refractivity contribution is 9.10. The number of hydrogen-bond acceptors (Lipinski definition) is 4. The second-order valence-corrected chi connectivity index (χ2v) is 4.93. The number of ether oxygens (including phenoxy) is 2. The van der Waals surface area contributed by atoms with E-state index in [1.165, 1.54) is 0 Å². The first-order valence-corrected chi connectivity index (χ1v) is 7.30. The molecule has 20 heavy (non-hydrogen) atoms. The van der Waals surface area contributed by atoms with Crippen LogP contribution in [0, 0.1) is 0 Å². The Hall–Kier alpha value is -1.75. The minimum Gasteiger partial charge on any atom is -0.490 e. The number of hydrogen-bond donors (Lipinski definition) is 1. The van der Waals surface area contributed by atoms with Crippen LogP contribution in [0.1, 0.15) is 13.8 Å². The minimum atomic E-state index is 0.597. The highest BCUT2D eigenvalue weighted by Gasteiger charge is 2.06. The first kappa shape index (κ1) is 14.7. The third-order valence-electron chi connectivity index (χ3n) is 2.54. The number of nitrogens with one attached hydrogen (secondary N) is 1. The Bertz CT molecular complexity index is 558. The highest BCUT2D eigenvalue weighted by atomic mass is 79.9. The second-order valence-electron chi connectivity index (χ2n) is 4.01. The van der Waals surface area contributed by atoms with Gasteiger partial charge in [0.25, 0.3) is 0 Å². The van der Waals surface area contributed by atoms with E-state index in [2.05, 4.69) is 26.2 Å². The molecule has 1 N–H and O–H groups in total. The number of anilines is 2. The number of aromatic nitrogens is 1. The quantitative estimate of drug-likeness (QED) is 0.849. The number of rotatable bonds is 6. The van der Waals surface area contributed by atoms with Gasteiger partial charge in [-0.15, -0.1) is 0 Å². The van der Waals surface area contributed by atoms with Crippen molar-refractivity contribution in [1.82, 2.24) is 4.98 Å². The van der Waals surface area contributed by atoms with E-state index in [-0.39, 0.29) is 0 Å². The Morgan fingerprint density at radius 3 is 2.45 bits per heavy atom. The van der Waals surface area contributed by atoms with Crippen LogP contribution in [0.15, 0.2) is 41.0 Å². The number of nitrogens with zero attached hydrogens (tertiary/aromatic N) is 1. The lowest BCUT2D eigenvalue weighted by atomic mass is 10.2. The van der Waals surface area contributed by atoms with E-state index >= 15 is 0 Å². The summed E-state index contributed by atoms with van der Waals surface area (Å²) in [5, 5.41) is 3.23. The molecule has 0 unspecified atom stereocenters. The van der Waals surface area contributed by atoms with Crippen LogP contribution in [0.2, 0.25) is 0 Å². The summed E-state index contributed by atoms with van der Waals surface area (Å²) in [5.74, 6) is 2.26. The molecule has 0 aliphatic carbocycles. The van der Waals surface area contributed by atoms with Crippen LogP contribution < -0.4 is 14.8 Å². The lowest BCUT2D eigenvalue weighted by Crippen LogP contribution is -2.00. The fourth-order valence-corrected chi connectivity index (χ4v) is 1.96. The van der Waals surface area contributed by atoms with Gasteiger partial charge in [-0.2, -0.15) is 0 Å². The van der Waals surface area contributed by atoms with Crippen molar-refractivity contribution in [1.29, 1.82) is 0 Å². The molecule has 5 heteroatoms. The standard InChI is InChI=1S/C15H17BrN2O2/c1-3-19-13-7-6-12(9-14(13)20-4-2)18-15-8-5-11(16)10-17-15/h5-10H,3-4H2,1-2H3,(H,17,18). The van der Waals surface area contributed by atoms with Crippen molar-refractivity contribution in [3.63, 3.8) is 0 Å². The third kappa shape index (κ3) is 3.87. The van der Waals surface area contributed by atoms with Gasteiger partial charge in [0.2, 0.25) is 0 Å². The van der Waals surface area contributed by atoms with E-state index < -0.39 is 0 Å². The van der Waals surface area contributed by atoms with E-state index in [9.17, 15) is 0 Å². The first-order chi connectivity index (χ1) is 9.72. The van der Waals surface area contributed by atoms with E-state index in [4.69, 9.17) is 9.47 Å². The van der Waals surface area contributed by atoms with Gasteiger partial charge in [-0.25, -0.2) is 4.98 Å². The topological polar surface area (TPSA) is 43.4 Å². The zero-order valence-corrected chi connectivity index (χ0v) is 13.1. The average Bonchev–Trinajstić information content (AvgIpc) is 2.45. The van der Waals surface area contributed by atoms with Crippen LogP contribution in [-0.2, 0) is 0 Å². The van der Waals surface area contributed by atoms with Crippen molar-refractivity contribution >= 4 is 27.4 Å². The van der Waals surface area contributed by atoms with E-state index in [0.717, 1.165) is 27.5 Å². The van der Waals surface area contributed by atoms with Gasteiger partial charge >= 0.3 is 0 Å². The first-order valence-electron chi connectivity index (χ1n) is 6.51. The van der Waals surface area contributed by atoms with Crippen LogP contribution in [0.3, 0.4) is 0 Å². The lowest BCUT2D eigenvalue weighted by molar-refractivity contribution is 0.288. The van der Waals surface area contributed by atoms with Crippen molar-refractivity contribution < 1.29 is 9.47 Å². The Morgan fingerprint density at radius 2 is 1.80 bits per heavy atom. The predicted molar refractivity (Wildman–Crippen MR) is 84.0 cm³/mol. The molecule has 0 fully saturated rings. The van der Waals surface area contributed by atoms with Gasteiger partial charge in [0.05, 0.1) is 13.2 Å². The Balaban J connectivity index is 2.19. The monoisotopic (exact) mass is 336 g/mol. The van der Waals surface area contributed by atoms with Gasteiger partial charge in [-0.1, -0.05) is 0 Å². The molecule has 2 aromatic rings. The van der Waals surface area contributed by atoms with Crippen molar-refractivity contribution in [2.45, 2.75) is 13.8 Å². The highest BCUT2D eigenvalue weighted by Crippen LogP contribution is 2.31.